The van der Waals surface area contributed by atoms with Gasteiger partial charge >= 0.3 is 0 Å². The van der Waals surface area contributed by atoms with Gasteiger partial charge in [-0.15, -0.1) is 0 Å². The van der Waals surface area contributed by atoms with Crippen LogP contribution in [0.1, 0.15) is 12.8 Å². The lowest BCUT2D eigenvalue weighted by atomic mass is 10.0. The summed E-state index contributed by atoms with van der Waals surface area (Å²) >= 11 is 0. The minimum Gasteiger partial charge on any atom is -0.467 e. The molecule has 0 bridgehead atoms. The maximum absolute atomic E-state index is 15.1. The first-order chi connectivity index (χ1) is 21.3. The lowest BCUT2D eigenvalue weighted by Gasteiger charge is -2.26. The van der Waals surface area contributed by atoms with Crippen molar-refractivity contribution >= 4 is 40.0 Å². The molecule has 2 aromatic heterocycles. The monoisotopic (exact) mass is 603 g/mol. The van der Waals surface area contributed by atoms with Crippen LogP contribution in [0.15, 0.2) is 67.0 Å². The summed E-state index contributed by atoms with van der Waals surface area (Å²) in [6, 6.07) is 12.2. The first-order valence-corrected chi connectivity index (χ1v) is 13.9. The number of hydrogen-bond donors (Lipinski definition) is 2. The highest BCUT2D eigenvalue weighted by molar-refractivity contribution is 6.16. The summed E-state index contributed by atoms with van der Waals surface area (Å²) in [5.74, 6) is -2.07. The van der Waals surface area contributed by atoms with Crippen LogP contribution in [0.2, 0.25) is 0 Å². The standard InChI is InChI=1S/C31H27F2N5O6/c32-19-1-3-20(4-2-19)36-29(40)31(8-9-31)30(41)37-21-5-6-26(23(33)15-21)44-25-7-10-34-24-16-27(35-17-22(24)25)43-18-28(39)38-11-13-42-14-12-38/h1-7,10,15-17H,8-9,11-14,18H2,(H,36,40)(H,37,41). The van der Waals surface area contributed by atoms with E-state index in [-0.39, 0.29) is 35.6 Å². The zero-order valence-electron chi connectivity index (χ0n) is 23.3. The van der Waals surface area contributed by atoms with Crippen LogP contribution in [0.5, 0.6) is 17.4 Å². The lowest BCUT2D eigenvalue weighted by molar-refractivity contribution is -0.137. The van der Waals surface area contributed by atoms with Crippen LogP contribution in [-0.2, 0) is 19.1 Å². The van der Waals surface area contributed by atoms with Crippen LogP contribution in [0.25, 0.3) is 10.9 Å². The molecule has 1 saturated carbocycles. The van der Waals surface area contributed by atoms with Gasteiger partial charge in [-0.1, -0.05) is 0 Å². The normalized spacial score (nSPS) is 15.4. The number of rotatable bonds is 9. The minimum atomic E-state index is -1.29. The number of aromatic nitrogens is 2. The highest BCUT2D eigenvalue weighted by Crippen LogP contribution is 2.47. The summed E-state index contributed by atoms with van der Waals surface area (Å²) < 4.78 is 44.9. The topological polar surface area (TPSA) is 132 Å². The van der Waals surface area contributed by atoms with Gasteiger partial charge in [0.1, 0.15) is 17.0 Å². The van der Waals surface area contributed by atoms with Crippen molar-refractivity contribution in [3.63, 3.8) is 0 Å². The van der Waals surface area contributed by atoms with Crippen molar-refractivity contribution in [2.75, 3.05) is 43.5 Å². The molecule has 226 valence electrons. The molecular weight excluding hydrogens is 576 g/mol. The molecule has 6 rings (SSSR count). The molecule has 2 aliphatic rings. The fourth-order valence-corrected chi connectivity index (χ4v) is 4.70. The van der Waals surface area contributed by atoms with E-state index in [1.807, 2.05) is 0 Å². The molecule has 1 aliphatic carbocycles. The van der Waals surface area contributed by atoms with E-state index in [2.05, 4.69) is 20.6 Å². The van der Waals surface area contributed by atoms with Crippen LogP contribution in [0.3, 0.4) is 0 Å². The zero-order valence-corrected chi connectivity index (χ0v) is 23.3. The van der Waals surface area contributed by atoms with Crippen LogP contribution < -0.4 is 20.1 Å². The number of benzene rings is 2. The van der Waals surface area contributed by atoms with Gasteiger partial charge in [0, 0.05) is 49.0 Å². The first-order valence-electron chi connectivity index (χ1n) is 13.9. The number of ether oxygens (including phenoxy) is 3. The van der Waals surface area contributed by atoms with Gasteiger partial charge in [0.05, 0.1) is 24.1 Å². The molecule has 3 amide bonds. The molecule has 11 nitrogen and oxygen atoms in total. The van der Waals surface area contributed by atoms with Crippen molar-refractivity contribution in [3.05, 3.63) is 78.6 Å². The lowest BCUT2D eigenvalue weighted by Crippen LogP contribution is -2.43. The van der Waals surface area contributed by atoms with Gasteiger partial charge < -0.3 is 29.7 Å². The predicted octanol–water partition coefficient (Wildman–Crippen LogP) is 4.30. The second kappa shape index (κ2) is 12.2. The second-order valence-electron chi connectivity index (χ2n) is 10.4. The number of hydrogen-bond acceptors (Lipinski definition) is 8. The molecule has 2 N–H and O–H groups in total. The smallest absolute Gasteiger partial charge is 0.260 e. The molecule has 1 saturated heterocycles. The quantitative estimate of drug-likeness (QED) is 0.271. The van der Waals surface area contributed by atoms with Crippen molar-refractivity contribution in [1.29, 1.82) is 0 Å². The molecule has 2 aromatic carbocycles. The van der Waals surface area contributed by atoms with Gasteiger partial charge in [-0.25, -0.2) is 13.8 Å². The minimum absolute atomic E-state index is 0.109. The summed E-state index contributed by atoms with van der Waals surface area (Å²) in [6.45, 7) is 1.82. The third-order valence-corrected chi connectivity index (χ3v) is 7.40. The van der Waals surface area contributed by atoms with Crippen LogP contribution >= 0.6 is 0 Å². The summed E-state index contributed by atoms with van der Waals surface area (Å²) in [5.41, 5.74) is -0.314. The van der Waals surface area contributed by atoms with Crippen molar-refractivity contribution in [3.8, 4) is 17.4 Å². The Morgan fingerprint density at radius 2 is 1.59 bits per heavy atom. The van der Waals surface area contributed by atoms with Gasteiger partial charge in [-0.2, -0.15) is 0 Å². The summed E-state index contributed by atoms with van der Waals surface area (Å²) in [4.78, 5) is 48.3. The summed E-state index contributed by atoms with van der Waals surface area (Å²) in [6.07, 6.45) is 3.61. The maximum atomic E-state index is 15.1. The van der Waals surface area contributed by atoms with Gasteiger partial charge in [-0.05, 0) is 55.3 Å². The molecular formula is C31H27F2N5O6. The predicted molar refractivity (Wildman–Crippen MR) is 154 cm³/mol. The number of fused-ring (bicyclic) bond motifs is 1. The van der Waals surface area contributed by atoms with Crippen molar-refractivity contribution < 1.29 is 37.4 Å². The van der Waals surface area contributed by atoms with E-state index in [9.17, 15) is 18.8 Å². The average Bonchev–Trinajstić information content (AvgIpc) is 3.85. The van der Waals surface area contributed by atoms with E-state index in [0.29, 0.717) is 55.7 Å². The molecule has 0 radical (unpaired) electrons. The number of halogens is 2. The first kappa shape index (κ1) is 28.9. The molecule has 0 atom stereocenters. The van der Waals surface area contributed by atoms with Gasteiger partial charge in [-0.3, -0.25) is 19.4 Å². The Hall–Kier alpha value is -5.17. The molecule has 1 aliphatic heterocycles. The Morgan fingerprint density at radius 1 is 0.886 bits per heavy atom. The largest absolute Gasteiger partial charge is 0.467 e. The number of carbonyl (C=O) groups is 3. The Labute approximate surface area is 250 Å². The fourth-order valence-electron chi connectivity index (χ4n) is 4.70. The van der Waals surface area contributed by atoms with Gasteiger partial charge in [0.2, 0.25) is 17.7 Å². The third-order valence-electron chi connectivity index (χ3n) is 7.40. The van der Waals surface area contributed by atoms with E-state index in [1.165, 1.54) is 48.8 Å². The second-order valence-corrected chi connectivity index (χ2v) is 10.4. The van der Waals surface area contributed by atoms with Crippen LogP contribution in [0, 0.1) is 17.0 Å². The van der Waals surface area contributed by atoms with E-state index < -0.39 is 28.9 Å². The Balaban J connectivity index is 1.09. The van der Waals surface area contributed by atoms with Crippen molar-refractivity contribution in [2.24, 2.45) is 5.41 Å². The van der Waals surface area contributed by atoms with Crippen LogP contribution in [-0.4, -0.2) is 65.5 Å². The fraction of sp³-hybridized carbons (Fsp3) is 0.258. The molecule has 0 spiro atoms. The van der Waals surface area contributed by atoms with Crippen LogP contribution in [0.4, 0.5) is 20.2 Å². The summed E-state index contributed by atoms with van der Waals surface area (Å²) in [7, 11) is 0. The highest BCUT2D eigenvalue weighted by atomic mass is 19.1. The highest BCUT2D eigenvalue weighted by Gasteiger charge is 2.56. The number of amides is 3. The molecule has 0 unspecified atom stereocenters. The SMILES string of the molecule is O=C(COc1cc2nccc(Oc3ccc(NC(=O)C4(C(=O)Nc5ccc(F)cc5)CC4)cc3F)c2cn1)N1CCOCC1. The van der Waals surface area contributed by atoms with E-state index >= 15 is 4.39 Å². The Bertz CT molecular complexity index is 1720. The third kappa shape index (κ3) is 6.27. The maximum Gasteiger partial charge on any atom is 0.260 e. The Morgan fingerprint density at radius 3 is 2.30 bits per heavy atom. The van der Waals surface area contributed by atoms with Gasteiger partial charge in [0.15, 0.2) is 18.2 Å². The van der Waals surface area contributed by atoms with E-state index in [0.717, 1.165) is 6.07 Å². The number of nitrogens with zero attached hydrogens (tertiary/aromatic N) is 3. The number of nitrogens with one attached hydrogen (secondary N) is 2. The Kier molecular flexibility index (Phi) is 8.03. The molecule has 2 fully saturated rings. The number of morpholine rings is 1. The molecule has 44 heavy (non-hydrogen) atoms. The average molecular weight is 604 g/mol. The zero-order chi connectivity index (χ0) is 30.7. The van der Waals surface area contributed by atoms with Crippen molar-refractivity contribution in [2.45, 2.75) is 12.8 Å². The number of anilines is 2. The number of pyridine rings is 2. The van der Waals surface area contributed by atoms with Crippen molar-refractivity contribution in [1.82, 2.24) is 14.9 Å². The number of carbonyl (C=O) groups excluding carboxylic acids is 3. The molecule has 4 aromatic rings. The molecule has 3 heterocycles. The summed E-state index contributed by atoms with van der Waals surface area (Å²) in [5, 5.41) is 5.72. The van der Waals surface area contributed by atoms with Gasteiger partial charge in [0.25, 0.3) is 5.91 Å². The van der Waals surface area contributed by atoms with E-state index in [4.69, 9.17) is 14.2 Å². The molecule has 13 heteroatoms. The van der Waals surface area contributed by atoms with E-state index in [1.54, 1.807) is 17.0 Å².